The molecule has 0 unspecified atom stereocenters. The van der Waals surface area contributed by atoms with Gasteiger partial charge in [-0.05, 0) is 23.8 Å². The number of alkyl halides is 3. The third-order valence-electron chi connectivity index (χ3n) is 2.63. The van der Waals surface area contributed by atoms with Gasteiger partial charge in [0.2, 0.25) is 0 Å². The van der Waals surface area contributed by atoms with Crippen molar-refractivity contribution in [1.82, 2.24) is 0 Å². The number of rotatable bonds is 2. The van der Waals surface area contributed by atoms with E-state index < -0.39 is 11.7 Å². The Balaban J connectivity index is 2.41. The predicted octanol–water partition coefficient (Wildman–Crippen LogP) is 4.38. The largest absolute Gasteiger partial charge is 0.496 e. The first-order valence-corrected chi connectivity index (χ1v) is 5.33. The summed E-state index contributed by atoms with van der Waals surface area (Å²) < 4.78 is 42.5. The Bertz CT molecular complexity index is 529. The summed E-state index contributed by atoms with van der Waals surface area (Å²) in [6, 6.07) is 12.2. The lowest BCUT2D eigenvalue weighted by atomic mass is 10.0. The average molecular weight is 252 g/mol. The van der Waals surface area contributed by atoms with Crippen molar-refractivity contribution >= 4 is 0 Å². The molecule has 0 heterocycles. The van der Waals surface area contributed by atoms with Crippen molar-refractivity contribution in [2.75, 3.05) is 7.11 Å². The Morgan fingerprint density at radius 2 is 1.50 bits per heavy atom. The number of hydrogen-bond donors (Lipinski definition) is 0. The van der Waals surface area contributed by atoms with Gasteiger partial charge in [-0.15, -0.1) is 0 Å². The molecule has 0 radical (unpaired) electrons. The average Bonchev–Trinajstić information content (AvgIpc) is 2.38. The molecule has 4 heteroatoms. The molecule has 0 fully saturated rings. The highest BCUT2D eigenvalue weighted by molar-refractivity contribution is 5.70. The van der Waals surface area contributed by atoms with Crippen molar-refractivity contribution in [2.24, 2.45) is 0 Å². The van der Waals surface area contributed by atoms with Gasteiger partial charge in [0.15, 0.2) is 0 Å². The van der Waals surface area contributed by atoms with E-state index in [-0.39, 0.29) is 0 Å². The van der Waals surface area contributed by atoms with Crippen LogP contribution >= 0.6 is 0 Å². The van der Waals surface area contributed by atoms with Crippen molar-refractivity contribution in [2.45, 2.75) is 6.18 Å². The van der Waals surface area contributed by atoms with Gasteiger partial charge in [0.05, 0.1) is 12.7 Å². The minimum Gasteiger partial charge on any atom is -0.496 e. The van der Waals surface area contributed by atoms with Gasteiger partial charge in [0, 0.05) is 5.56 Å². The Morgan fingerprint density at radius 3 is 2.06 bits per heavy atom. The van der Waals surface area contributed by atoms with E-state index in [0.29, 0.717) is 11.3 Å². The smallest absolute Gasteiger partial charge is 0.416 e. The first kappa shape index (κ1) is 12.5. The quantitative estimate of drug-likeness (QED) is 0.770. The van der Waals surface area contributed by atoms with E-state index in [1.165, 1.54) is 19.2 Å². The third kappa shape index (κ3) is 2.47. The molecule has 94 valence electrons. The Morgan fingerprint density at radius 1 is 0.889 bits per heavy atom. The zero-order valence-corrected chi connectivity index (χ0v) is 9.66. The summed E-state index contributed by atoms with van der Waals surface area (Å²) in [4.78, 5) is 0. The second-order valence-corrected chi connectivity index (χ2v) is 3.78. The van der Waals surface area contributed by atoms with Crippen LogP contribution in [0.1, 0.15) is 5.56 Å². The molecule has 0 amide bonds. The van der Waals surface area contributed by atoms with Crippen LogP contribution in [0.5, 0.6) is 5.75 Å². The van der Waals surface area contributed by atoms with Crippen LogP contribution in [-0.4, -0.2) is 7.11 Å². The molecule has 0 aliphatic carbocycles. The van der Waals surface area contributed by atoms with Gasteiger partial charge in [-0.3, -0.25) is 0 Å². The summed E-state index contributed by atoms with van der Waals surface area (Å²) in [5.41, 5.74) is 0.815. The molecule has 2 aromatic carbocycles. The van der Waals surface area contributed by atoms with Crippen molar-refractivity contribution in [3.05, 3.63) is 54.1 Å². The lowest BCUT2D eigenvalue weighted by Crippen LogP contribution is -2.04. The van der Waals surface area contributed by atoms with Crippen LogP contribution in [0.25, 0.3) is 11.1 Å². The number of ether oxygens (including phenoxy) is 1. The minimum atomic E-state index is -4.31. The summed E-state index contributed by atoms with van der Waals surface area (Å²) in [7, 11) is 1.53. The SMILES string of the molecule is COc1ccccc1-c1ccc(C(F)(F)F)cc1. The van der Waals surface area contributed by atoms with Gasteiger partial charge in [-0.25, -0.2) is 0 Å². The molecule has 18 heavy (non-hydrogen) atoms. The predicted molar refractivity (Wildman–Crippen MR) is 63.4 cm³/mol. The lowest BCUT2D eigenvalue weighted by Gasteiger charge is -2.10. The van der Waals surface area contributed by atoms with Gasteiger partial charge >= 0.3 is 6.18 Å². The highest BCUT2D eigenvalue weighted by atomic mass is 19.4. The molecular weight excluding hydrogens is 241 g/mol. The van der Waals surface area contributed by atoms with Gasteiger partial charge < -0.3 is 4.74 Å². The van der Waals surface area contributed by atoms with Crippen LogP contribution in [0, 0.1) is 0 Å². The van der Waals surface area contributed by atoms with E-state index in [2.05, 4.69) is 0 Å². The topological polar surface area (TPSA) is 9.23 Å². The van der Waals surface area contributed by atoms with Gasteiger partial charge in [0.25, 0.3) is 0 Å². The van der Waals surface area contributed by atoms with Gasteiger partial charge in [-0.2, -0.15) is 13.2 Å². The number of benzene rings is 2. The van der Waals surface area contributed by atoms with Crippen LogP contribution < -0.4 is 4.74 Å². The van der Waals surface area contributed by atoms with Crippen molar-refractivity contribution in [3.8, 4) is 16.9 Å². The van der Waals surface area contributed by atoms with Crippen LogP contribution in [0.4, 0.5) is 13.2 Å². The zero-order chi connectivity index (χ0) is 13.2. The number of para-hydroxylation sites is 1. The molecule has 0 saturated heterocycles. The first-order chi connectivity index (χ1) is 8.52. The molecular formula is C14H11F3O. The molecule has 0 spiro atoms. The van der Waals surface area contributed by atoms with Gasteiger partial charge in [0.1, 0.15) is 5.75 Å². The Hall–Kier alpha value is -1.97. The van der Waals surface area contributed by atoms with E-state index in [9.17, 15) is 13.2 Å². The van der Waals surface area contributed by atoms with E-state index >= 15 is 0 Å². The number of methoxy groups -OCH3 is 1. The van der Waals surface area contributed by atoms with Crippen molar-refractivity contribution in [1.29, 1.82) is 0 Å². The zero-order valence-electron chi connectivity index (χ0n) is 9.66. The highest BCUT2D eigenvalue weighted by Gasteiger charge is 2.30. The number of halogens is 3. The number of hydrogen-bond acceptors (Lipinski definition) is 1. The van der Waals surface area contributed by atoms with Crippen molar-refractivity contribution in [3.63, 3.8) is 0 Å². The van der Waals surface area contributed by atoms with Crippen LogP contribution in [-0.2, 0) is 6.18 Å². The standard InChI is InChI=1S/C14H11F3O/c1-18-13-5-3-2-4-12(13)10-6-8-11(9-7-10)14(15,16)17/h2-9H,1H3. The molecule has 0 aliphatic rings. The second-order valence-electron chi connectivity index (χ2n) is 3.78. The maximum Gasteiger partial charge on any atom is 0.416 e. The molecule has 0 aliphatic heterocycles. The maximum atomic E-state index is 12.4. The molecule has 0 atom stereocenters. The van der Waals surface area contributed by atoms with Crippen LogP contribution in [0.15, 0.2) is 48.5 Å². The molecule has 2 aromatic rings. The van der Waals surface area contributed by atoms with E-state index in [4.69, 9.17) is 4.74 Å². The molecule has 2 rings (SSSR count). The monoisotopic (exact) mass is 252 g/mol. The summed E-state index contributed by atoms with van der Waals surface area (Å²) in [5, 5.41) is 0. The summed E-state index contributed by atoms with van der Waals surface area (Å²) in [5.74, 6) is 0.636. The molecule has 0 bridgehead atoms. The molecule has 0 N–H and O–H groups in total. The summed E-state index contributed by atoms with van der Waals surface area (Å²) in [6.45, 7) is 0. The summed E-state index contributed by atoms with van der Waals surface area (Å²) >= 11 is 0. The Labute approximate surface area is 103 Å². The van der Waals surface area contributed by atoms with E-state index in [0.717, 1.165) is 17.7 Å². The fraction of sp³-hybridized carbons (Fsp3) is 0.143. The molecule has 0 aromatic heterocycles. The highest BCUT2D eigenvalue weighted by Crippen LogP contribution is 2.33. The second kappa shape index (κ2) is 4.72. The van der Waals surface area contributed by atoms with Crippen molar-refractivity contribution < 1.29 is 17.9 Å². The fourth-order valence-electron chi connectivity index (χ4n) is 1.72. The third-order valence-corrected chi connectivity index (χ3v) is 2.63. The first-order valence-electron chi connectivity index (χ1n) is 5.33. The normalized spacial score (nSPS) is 11.3. The molecule has 0 saturated carbocycles. The Kier molecular flexibility index (Phi) is 3.28. The van der Waals surface area contributed by atoms with E-state index in [1.807, 2.05) is 12.1 Å². The van der Waals surface area contributed by atoms with Crippen LogP contribution in [0.3, 0.4) is 0 Å². The minimum absolute atomic E-state index is 0.636. The summed E-state index contributed by atoms with van der Waals surface area (Å²) in [6.07, 6.45) is -4.31. The van der Waals surface area contributed by atoms with Crippen LogP contribution in [0.2, 0.25) is 0 Å². The molecule has 1 nitrogen and oxygen atoms in total. The lowest BCUT2D eigenvalue weighted by molar-refractivity contribution is -0.137. The van der Waals surface area contributed by atoms with Gasteiger partial charge in [-0.1, -0.05) is 30.3 Å². The maximum absolute atomic E-state index is 12.4. The fourth-order valence-corrected chi connectivity index (χ4v) is 1.72. The van der Waals surface area contributed by atoms with E-state index in [1.54, 1.807) is 12.1 Å².